The van der Waals surface area contributed by atoms with Gasteiger partial charge in [-0.25, -0.2) is 26.9 Å². The van der Waals surface area contributed by atoms with Gasteiger partial charge in [-0.3, -0.25) is 4.72 Å². The number of aromatic nitrogens is 3. The minimum absolute atomic E-state index is 0.00922. The number of halogens is 2. The van der Waals surface area contributed by atoms with Crippen LogP contribution < -0.4 is 9.46 Å². The fraction of sp³-hybridized carbons (Fsp3) is 0.0588. The molecule has 0 unspecified atom stereocenters. The van der Waals surface area contributed by atoms with Crippen molar-refractivity contribution in [2.24, 2.45) is 0 Å². The normalized spacial score (nSPS) is 11.7. The van der Waals surface area contributed by atoms with Gasteiger partial charge in [-0.2, -0.15) is 5.10 Å². The lowest BCUT2D eigenvalue weighted by Crippen LogP contribution is -2.12. The Labute approximate surface area is 162 Å². The van der Waals surface area contributed by atoms with Gasteiger partial charge in [-0.05, 0) is 18.2 Å². The highest BCUT2D eigenvalue weighted by Gasteiger charge is 2.20. The molecule has 0 fully saturated rings. The number of anilines is 1. The first-order valence-corrected chi connectivity index (χ1v) is 10.1. The van der Waals surface area contributed by atoms with Crippen molar-refractivity contribution in [3.63, 3.8) is 0 Å². The number of nitrogens with zero attached hydrogens (tertiary/aromatic N) is 3. The maximum Gasteiger partial charge on any atom is 0.266 e. The van der Waals surface area contributed by atoms with E-state index >= 15 is 0 Å². The molecule has 28 heavy (non-hydrogen) atoms. The number of nitrogens with one attached hydrogen (secondary N) is 1. The predicted molar refractivity (Wildman–Crippen MR) is 100 cm³/mol. The third kappa shape index (κ3) is 3.29. The Morgan fingerprint density at radius 2 is 1.93 bits per heavy atom. The topological polar surface area (TPSA) is 86.1 Å². The second kappa shape index (κ2) is 6.84. The van der Waals surface area contributed by atoms with E-state index in [0.29, 0.717) is 16.1 Å². The summed E-state index contributed by atoms with van der Waals surface area (Å²) in [5, 5.41) is 4.06. The number of sulfonamides is 1. The van der Waals surface area contributed by atoms with Gasteiger partial charge in [-0.15, -0.1) is 0 Å². The maximum atomic E-state index is 13.3. The van der Waals surface area contributed by atoms with E-state index in [1.54, 1.807) is 24.3 Å². The molecule has 0 aliphatic rings. The van der Waals surface area contributed by atoms with Gasteiger partial charge in [0.05, 0.1) is 29.7 Å². The van der Waals surface area contributed by atoms with Gasteiger partial charge in [0.1, 0.15) is 16.3 Å². The number of hydrogen-bond acceptors (Lipinski definition) is 6. The molecule has 1 N–H and O–H groups in total. The summed E-state index contributed by atoms with van der Waals surface area (Å²) >= 11 is 0.896. The quantitative estimate of drug-likeness (QED) is 0.531. The molecule has 144 valence electrons. The van der Waals surface area contributed by atoms with Crippen molar-refractivity contribution in [2.45, 2.75) is 4.90 Å². The second-order valence-corrected chi connectivity index (χ2v) is 8.36. The average Bonchev–Trinajstić information content (AvgIpc) is 3.29. The summed E-state index contributed by atoms with van der Waals surface area (Å²) in [7, 11) is -2.50. The first kappa shape index (κ1) is 18.3. The summed E-state index contributed by atoms with van der Waals surface area (Å²) in [6.07, 6.45) is 2.51. The van der Waals surface area contributed by atoms with Crippen LogP contribution in [0.1, 0.15) is 0 Å². The van der Waals surface area contributed by atoms with Crippen LogP contribution in [0.5, 0.6) is 5.75 Å². The predicted octanol–water partition coefficient (Wildman–Crippen LogP) is 3.57. The monoisotopic (exact) mass is 422 g/mol. The Morgan fingerprint density at radius 3 is 2.71 bits per heavy atom. The van der Waals surface area contributed by atoms with Gasteiger partial charge < -0.3 is 4.74 Å². The minimum atomic E-state index is -4.00. The average molecular weight is 422 g/mol. The zero-order chi connectivity index (χ0) is 19.9. The van der Waals surface area contributed by atoms with E-state index in [1.165, 1.54) is 24.2 Å². The van der Waals surface area contributed by atoms with E-state index in [4.69, 9.17) is 4.74 Å². The highest BCUT2D eigenvalue weighted by molar-refractivity contribution is 7.93. The molecule has 2 aromatic heterocycles. The SMILES string of the molecule is COc1ccccc1-n1cc(S(=O)(=O)Nc2nc3cc(F)c(F)cc3s2)cn1. The molecule has 4 aromatic rings. The highest BCUT2D eigenvalue weighted by atomic mass is 32.2. The van der Waals surface area contributed by atoms with Crippen LogP contribution in [0.2, 0.25) is 0 Å². The molecule has 0 amide bonds. The van der Waals surface area contributed by atoms with Crippen molar-refractivity contribution in [1.29, 1.82) is 0 Å². The molecule has 0 radical (unpaired) electrons. The number of para-hydroxylation sites is 2. The van der Waals surface area contributed by atoms with E-state index in [-0.39, 0.29) is 15.5 Å². The third-order valence-electron chi connectivity index (χ3n) is 3.85. The summed E-state index contributed by atoms with van der Waals surface area (Å²) in [5.41, 5.74) is 0.726. The van der Waals surface area contributed by atoms with E-state index < -0.39 is 21.7 Å². The molecule has 0 aliphatic heterocycles. The van der Waals surface area contributed by atoms with Gasteiger partial charge in [0, 0.05) is 6.07 Å². The summed E-state index contributed by atoms with van der Waals surface area (Å²) in [6, 6.07) is 8.89. The van der Waals surface area contributed by atoms with Gasteiger partial charge in [0.2, 0.25) is 0 Å². The Kier molecular flexibility index (Phi) is 4.47. The van der Waals surface area contributed by atoms with Crippen LogP contribution in [0, 0.1) is 11.6 Å². The van der Waals surface area contributed by atoms with Gasteiger partial charge in [0.25, 0.3) is 10.0 Å². The second-order valence-electron chi connectivity index (χ2n) is 5.65. The molecule has 0 spiro atoms. The Bertz CT molecular complexity index is 1250. The molecule has 7 nitrogen and oxygen atoms in total. The fourth-order valence-corrected chi connectivity index (χ4v) is 4.57. The van der Waals surface area contributed by atoms with E-state index in [1.807, 2.05) is 0 Å². The van der Waals surface area contributed by atoms with Crippen molar-refractivity contribution < 1.29 is 21.9 Å². The number of ether oxygens (including phenoxy) is 1. The molecule has 0 bridgehead atoms. The highest BCUT2D eigenvalue weighted by Crippen LogP contribution is 2.29. The molecule has 0 saturated carbocycles. The first-order chi connectivity index (χ1) is 13.4. The number of hydrogen-bond donors (Lipinski definition) is 1. The van der Waals surface area contributed by atoms with Crippen LogP contribution in [0.25, 0.3) is 15.9 Å². The molecule has 11 heteroatoms. The first-order valence-electron chi connectivity index (χ1n) is 7.84. The lowest BCUT2D eigenvalue weighted by molar-refractivity contribution is 0.411. The maximum absolute atomic E-state index is 13.3. The summed E-state index contributed by atoms with van der Waals surface area (Å²) in [5.74, 6) is -1.55. The molecule has 4 rings (SSSR count). The zero-order valence-electron chi connectivity index (χ0n) is 14.3. The molecule has 0 saturated heterocycles. The number of fused-ring (bicyclic) bond motifs is 1. The molecule has 2 aromatic carbocycles. The number of benzene rings is 2. The number of thiazole rings is 1. The summed E-state index contributed by atoms with van der Waals surface area (Å²) in [4.78, 5) is 3.89. The molecule has 2 heterocycles. The molecular formula is C17H12F2N4O3S2. The zero-order valence-corrected chi connectivity index (χ0v) is 15.9. The van der Waals surface area contributed by atoms with Crippen LogP contribution in [-0.2, 0) is 10.0 Å². The number of methoxy groups -OCH3 is 1. The smallest absolute Gasteiger partial charge is 0.266 e. The van der Waals surface area contributed by atoms with Gasteiger partial charge in [0.15, 0.2) is 16.8 Å². The third-order valence-corrected chi connectivity index (χ3v) is 6.21. The van der Waals surface area contributed by atoms with E-state index in [9.17, 15) is 17.2 Å². The van der Waals surface area contributed by atoms with Crippen LogP contribution in [0.3, 0.4) is 0 Å². The van der Waals surface area contributed by atoms with Crippen molar-refractivity contribution in [2.75, 3.05) is 11.8 Å². The standard InChI is InChI=1S/C17H12F2N4O3S2/c1-26-15-5-3-2-4-14(15)23-9-10(8-20-23)28(24,25)22-17-21-13-6-11(18)12(19)7-16(13)27-17/h2-9H,1H3,(H,21,22). The van der Waals surface area contributed by atoms with Crippen molar-refractivity contribution in [1.82, 2.24) is 14.8 Å². The lowest BCUT2D eigenvalue weighted by atomic mass is 10.3. The molecular weight excluding hydrogens is 410 g/mol. The van der Waals surface area contributed by atoms with Crippen molar-refractivity contribution in [3.8, 4) is 11.4 Å². The van der Waals surface area contributed by atoms with Gasteiger partial charge >= 0.3 is 0 Å². The van der Waals surface area contributed by atoms with Crippen LogP contribution in [0.4, 0.5) is 13.9 Å². The molecule has 0 atom stereocenters. The Morgan fingerprint density at radius 1 is 1.18 bits per heavy atom. The lowest BCUT2D eigenvalue weighted by Gasteiger charge is -2.07. The number of rotatable bonds is 5. The van der Waals surface area contributed by atoms with E-state index in [2.05, 4.69) is 14.8 Å². The summed E-state index contributed by atoms with van der Waals surface area (Å²) < 4.78 is 61.2. The van der Waals surface area contributed by atoms with Crippen molar-refractivity contribution in [3.05, 3.63) is 60.4 Å². The Balaban J connectivity index is 1.65. The van der Waals surface area contributed by atoms with Crippen LogP contribution in [-0.4, -0.2) is 30.3 Å². The summed E-state index contributed by atoms with van der Waals surface area (Å²) in [6.45, 7) is 0. The van der Waals surface area contributed by atoms with Crippen molar-refractivity contribution >= 4 is 36.7 Å². The Hall–Kier alpha value is -3.05. The minimum Gasteiger partial charge on any atom is -0.494 e. The van der Waals surface area contributed by atoms with E-state index in [0.717, 1.165) is 23.5 Å². The fourth-order valence-electron chi connectivity index (χ4n) is 2.54. The molecule has 0 aliphatic carbocycles. The van der Waals surface area contributed by atoms with Gasteiger partial charge in [-0.1, -0.05) is 23.5 Å². The van der Waals surface area contributed by atoms with Crippen LogP contribution in [0.15, 0.2) is 53.7 Å². The largest absolute Gasteiger partial charge is 0.494 e. The van der Waals surface area contributed by atoms with Crippen LogP contribution >= 0.6 is 11.3 Å².